The minimum absolute atomic E-state index is 0.109. The van der Waals surface area contributed by atoms with Crippen molar-refractivity contribution in [3.63, 3.8) is 0 Å². The Kier molecular flexibility index (Phi) is 5.19. The molecule has 1 aromatic carbocycles. The van der Waals surface area contributed by atoms with Crippen molar-refractivity contribution < 1.29 is 19.4 Å². The van der Waals surface area contributed by atoms with Crippen molar-refractivity contribution in [2.45, 2.75) is 6.92 Å². The highest BCUT2D eigenvalue weighted by Gasteiger charge is 2.12. The summed E-state index contributed by atoms with van der Waals surface area (Å²) >= 11 is 11.4. The second kappa shape index (κ2) is 6.42. The Balaban J connectivity index is 2.91. The van der Waals surface area contributed by atoms with Crippen LogP contribution in [0.2, 0.25) is 10.0 Å². The highest BCUT2D eigenvalue weighted by atomic mass is 35.5. The molecule has 0 saturated heterocycles. The summed E-state index contributed by atoms with van der Waals surface area (Å²) in [5.41, 5.74) is 0.209. The molecule has 0 aliphatic carbocycles. The minimum Gasteiger partial charge on any atom is -0.502 e. The van der Waals surface area contributed by atoms with Crippen molar-refractivity contribution in [3.8, 4) is 0 Å². The van der Waals surface area contributed by atoms with Gasteiger partial charge in [0.25, 0.3) is 0 Å². The van der Waals surface area contributed by atoms with Crippen molar-refractivity contribution in [3.05, 3.63) is 45.6 Å². The lowest BCUT2D eigenvalue weighted by atomic mass is 10.1. The SMILES string of the molecule is CCOC(=O)C(O)=CC(=O)c1ccc(Cl)c(Cl)c1. The Morgan fingerprint density at radius 2 is 2.00 bits per heavy atom. The number of halogens is 2. The average Bonchev–Trinajstić information content (AvgIpc) is 2.32. The van der Waals surface area contributed by atoms with Gasteiger partial charge in [0.15, 0.2) is 5.78 Å². The summed E-state index contributed by atoms with van der Waals surface area (Å²) in [5, 5.41) is 9.84. The molecule has 0 aromatic heterocycles. The zero-order chi connectivity index (χ0) is 13.7. The summed E-state index contributed by atoms with van der Waals surface area (Å²) in [7, 11) is 0. The molecule has 1 rings (SSSR count). The van der Waals surface area contributed by atoms with Crippen LogP contribution in [0.5, 0.6) is 0 Å². The van der Waals surface area contributed by atoms with Gasteiger partial charge in [0.05, 0.1) is 16.7 Å². The van der Waals surface area contributed by atoms with Gasteiger partial charge in [0.1, 0.15) is 0 Å². The number of ether oxygens (including phenoxy) is 1. The van der Waals surface area contributed by atoms with E-state index in [0.29, 0.717) is 5.02 Å². The van der Waals surface area contributed by atoms with Crippen molar-refractivity contribution in [2.75, 3.05) is 6.61 Å². The maximum Gasteiger partial charge on any atom is 0.373 e. The molecule has 0 atom stereocenters. The second-order valence-corrected chi connectivity index (χ2v) is 4.06. The molecule has 96 valence electrons. The van der Waals surface area contributed by atoms with Crippen molar-refractivity contribution >= 4 is 35.0 Å². The van der Waals surface area contributed by atoms with Crippen LogP contribution in [0.25, 0.3) is 0 Å². The topological polar surface area (TPSA) is 63.6 Å². The number of carbonyl (C=O) groups excluding carboxylic acids is 2. The first-order valence-electron chi connectivity index (χ1n) is 5.03. The number of esters is 1. The number of benzene rings is 1. The standard InChI is InChI=1S/C12H10Cl2O4/c1-2-18-12(17)11(16)6-10(15)7-3-4-8(13)9(14)5-7/h3-6,16H,2H2,1H3. The molecular formula is C12H10Cl2O4. The number of ketones is 1. The van der Waals surface area contributed by atoms with Gasteiger partial charge in [-0.05, 0) is 25.1 Å². The second-order valence-electron chi connectivity index (χ2n) is 3.24. The molecule has 0 bridgehead atoms. The van der Waals surface area contributed by atoms with Gasteiger partial charge in [-0.25, -0.2) is 4.79 Å². The molecule has 0 spiro atoms. The van der Waals surface area contributed by atoms with Gasteiger partial charge in [0.2, 0.25) is 5.76 Å². The quantitative estimate of drug-likeness (QED) is 0.400. The third-order valence-corrected chi connectivity index (χ3v) is 2.70. The molecule has 0 aliphatic heterocycles. The van der Waals surface area contributed by atoms with E-state index < -0.39 is 17.5 Å². The zero-order valence-corrected chi connectivity index (χ0v) is 11.0. The van der Waals surface area contributed by atoms with Crippen LogP contribution in [-0.4, -0.2) is 23.5 Å². The van der Waals surface area contributed by atoms with Crippen LogP contribution in [0, 0.1) is 0 Å². The summed E-state index contributed by atoms with van der Waals surface area (Å²) in [6.07, 6.45) is 0.775. The summed E-state index contributed by atoms with van der Waals surface area (Å²) < 4.78 is 4.53. The molecule has 6 heteroatoms. The molecule has 0 unspecified atom stereocenters. The van der Waals surface area contributed by atoms with Gasteiger partial charge in [-0.15, -0.1) is 0 Å². The van der Waals surface area contributed by atoms with E-state index in [1.54, 1.807) is 6.92 Å². The predicted octanol–water partition coefficient (Wildman–Crippen LogP) is 3.18. The van der Waals surface area contributed by atoms with E-state index in [4.69, 9.17) is 23.2 Å². The Bertz CT molecular complexity index is 509. The molecule has 18 heavy (non-hydrogen) atoms. The third kappa shape index (κ3) is 3.75. The molecule has 0 radical (unpaired) electrons. The lowest BCUT2D eigenvalue weighted by molar-refractivity contribution is -0.141. The summed E-state index contributed by atoms with van der Waals surface area (Å²) in [6.45, 7) is 1.70. The number of rotatable bonds is 4. The Morgan fingerprint density at radius 1 is 1.33 bits per heavy atom. The highest BCUT2D eigenvalue weighted by Crippen LogP contribution is 2.23. The Morgan fingerprint density at radius 3 is 2.56 bits per heavy atom. The number of aliphatic hydroxyl groups excluding tert-OH is 1. The maximum absolute atomic E-state index is 11.7. The minimum atomic E-state index is -0.953. The Hall–Kier alpha value is -1.52. The summed E-state index contributed by atoms with van der Waals surface area (Å²) in [4.78, 5) is 22.8. The fraction of sp³-hybridized carbons (Fsp3) is 0.167. The van der Waals surface area contributed by atoms with Crippen LogP contribution < -0.4 is 0 Å². The summed E-state index contributed by atoms with van der Waals surface area (Å²) in [5.74, 6) is -2.28. The normalized spacial score (nSPS) is 11.2. The monoisotopic (exact) mass is 288 g/mol. The Labute approximate surface area is 114 Å². The first-order valence-corrected chi connectivity index (χ1v) is 5.78. The third-order valence-electron chi connectivity index (χ3n) is 1.96. The van der Waals surface area contributed by atoms with Crippen molar-refractivity contribution in [1.29, 1.82) is 0 Å². The number of hydrogen-bond acceptors (Lipinski definition) is 4. The van der Waals surface area contributed by atoms with Crippen LogP contribution in [0.4, 0.5) is 0 Å². The lowest BCUT2D eigenvalue weighted by Gasteiger charge is -2.01. The van der Waals surface area contributed by atoms with Gasteiger partial charge in [-0.1, -0.05) is 23.2 Å². The van der Waals surface area contributed by atoms with E-state index in [1.807, 2.05) is 0 Å². The molecule has 0 fully saturated rings. The number of aliphatic hydroxyl groups is 1. The molecule has 1 aromatic rings. The van der Waals surface area contributed by atoms with Crippen LogP contribution in [0.1, 0.15) is 17.3 Å². The molecule has 0 saturated carbocycles. The van der Waals surface area contributed by atoms with Gasteiger partial charge in [-0.2, -0.15) is 0 Å². The van der Waals surface area contributed by atoms with E-state index in [0.717, 1.165) is 6.08 Å². The fourth-order valence-electron chi connectivity index (χ4n) is 1.12. The van der Waals surface area contributed by atoms with Crippen LogP contribution in [0.3, 0.4) is 0 Å². The van der Waals surface area contributed by atoms with E-state index in [9.17, 15) is 14.7 Å². The maximum atomic E-state index is 11.7. The van der Waals surface area contributed by atoms with Crippen molar-refractivity contribution in [2.24, 2.45) is 0 Å². The highest BCUT2D eigenvalue weighted by molar-refractivity contribution is 6.42. The first kappa shape index (κ1) is 14.5. The van der Waals surface area contributed by atoms with Gasteiger partial charge < -0.3 is 9.84 Å². The van der Waals surface area contributed by atoms with E-state index in [2.05, 4.69) is 4.74 Å². The van der Waals surface area contributed by atoms with Crippen LogP contribution in [0.15, 0.2) is 30.0 Å². The molecular weight excluding hydrogens is 279 g/mol. The lowest BCUT2D eigenvalue weighted by Crippen LogP contribution is -2.09. The molecule has 0 heterocycles. The average molecular weight is 289 g/mol. The van der Waals surface area contributed by atoms with Crippen LogP contribution >= 0.6 is 23.2 Å². The number of hydrogen-bond donors (Lipinski definition) is 1. The van der Waals surface area contributed by atoms with Gasteiger partial charge >= 0.3 is 5.97 Å². The fourth-order valence-corrected chi connectivity index (χ4v) is 1.42. The number of carbonyl (C=O) groups is 2. The van der Waals surface area contributed by atoms with Gasteiger partial charge in [0, 0.05) is 11.6 Å². The molecule has 0 amide bonds. The molecule has 4 nitrogen and oxygen atoms in total. The van der Waals surface area contributed by atoms with Crippen molar-refractivity contribution in [1.82, 2.24) is 0 Å². The van der Waals surface area contributed by atoms with E-state index in [1.165, 1.54) is 18.2 Å². The van der Waals surface area contributed by atoms with E-state index >= 15 is 0 Å². The predicted molar refractivity (Wildman–Crippen MR) is 68.1 cm³/mol. The molecule has 1 N–H and O–H groups in total. The van der Waals surface area contributed by atoms with Gasteiger partial charge in [-0.3, -0.25) is 4.79 Å². The zero-order valence-electron chi connectivity index (χ0n) is 9.44. The number of allylic oxidation sites excluding steroid dienone is 1. The largest absolute Gasteiger partial charge is 0.502 e. The van der Waals surface area contributed by atoms with Crippen LogP contribution in [-0.2, 0) is 9.53 Å². The smallest absolute Gasteiger partial charge is 0.373 e. The summed E-state index contributed by atoms with van der Waals surface area (Å²) in [6, 6.07) is 4.24. The molecule has 0 aliphatic rings. The first-order chi connectivity index (χ1) is 8.45. The van der Waals surface area contributed by atoms with E-state index in [-0.39, 0.29) is 17.2 Å².